The lowest BCUT2D eigenvalue weighted by molar-refractivity contribution is -0.115. The van der Waals surface area contributed by atoms with Crippen molar-refractivity contribution in [2.75, 3.05) is 42.3 Å². The van der Waals surface area contributed by atoms with Crippen molar-refractivity contribution >= 4 is 23.1 Å². The average molecular weight is 313 g/mol. The molecule has 1 aliphatic heterocycles. The first kappa shape index (κ1) is 15.2. The van der Waals surface area contributed by atoms with Crippen LogP contribution >= 0.6 is 0 Å². The van der Waals surface area contributed by atoms with Crippen LogP contribution in [0.15, 0.2) is 36.7 Å². The summed E-state index contributed by atoms with van der Waals surface area (Å²) in [6.45, 7) is 3.10. The normalized spacial score (nSPS) is 14.5. The molecule has 0 spiro atoms. The van der Waals surface area contributed by atoms with E-state index < -0.39 is 0 Å². The minimum absolute atomic E-state index is 0.136. The fourth-order valence-corrected chi connectivity index (χ4v) is 2.35. The third-order valence-electron chi connectivity index (χ3n) is 3.56. The van der Waals surface area contributed by atoms with Crippen molar-refractivity contribution in [1.29, 1.82) is 0 Å². The Balaban J connectivity index is 1.57. The van der Waals surface area contributed by atoms with Gasteiger partial charge in [-0.15, -0.1) is 0 Å². The SMILES string of the molecule is Nc1ccc(CC(=O)Nc2ccc(N3CCOCC3)nc2)nc1. The van der Waals surface area contributed by atoms with Crippen LogP contribution in [0.3, 0.4) is 0 Å². The largest absolute Gasteiger partial charge is 0.397 e. The van der Waals surface area contributed by atoms with Gasteiger partial charge < -0.3 is 20.7 Å². The quantitative estimate of drug-likeness (QED) is 0.877. The minimum Gasteiger partial charge on any atom is -0.397 e. The van der Waals surface area contributed by atoms with Crippen LogP contribution in [0, 0.1) is 0 Å². The van der Waals surface area contributed by atoms with Crippen molar-refractivity contribution in [3.63, 3.8) is 0 Å². The number of hydrogen-bond donors (Lipinski definition) is 2. The number of hydrogen-bond acceptors (Lipinski definition) is 6. The van der Waals surface area contributed by atoms with Gasteiger partial charge in [-0.3, -0.25) is 9.78 Å². The zero-order valence-corrected chi connectivity index (χ0v) is 12.7. The summed E-state index contributed by atoms with van der Waals surface area (Å²) in [4.78, 5) is 22.7. The lowest BCUT2D eigenvalue weighted by atomic mass is 10.2. The summed E-state index contributed by atoms with van der Waals surface area (Å²) in [5, 5.41) is 2.82. The Kier molecular flexibility index (Phi) is 4.68. The van der Waals surface area contributed by atoms with Gasteiger partial charge in [0.15, 0.2) is 0 Å². The number of rotatable bonds is 4. The lowest BCUT2D eigenvalue weighted by Gasteiger charge is -2.27. The zero-order chi connectivity index (χ0) is 16.1. The molecule has 1 amide bonds. The predicted octanol–water partition coefficient (Wildman–Crippen LogP) is 1.08. The Morgan fingerprint density at radius 2 is 2.00 bits per heavy atom. The second kappa shape index (κ2) is 7.06. The lowest BCUT2D eigenvalue weighted by Crippen LogP contribution is -2.36. The first-order chi connectivity index (χ1) is 11.2. The first-order valence-corrected chi connectivity index (χ1v) is 7.50. The van der Waals surface area contributed by atoms with Crippen molar-refractivity contribution in [3.05, 3.63) is 42.4 Å². The molecular formula is C16H19N5O2. The van der Waals surface area contributed by atoms with Crippen molar-refractivity contribution in [2.45, 2.75) is 6.42 Å². The van der Waals surface area contributed by atoms with Crippen LogP contribution in [0.25, 0.3) is 0 Å². The summed E-state index contributed by atoms with van der Waals surface area (Å²) in [7, 11) is 0. The van der Waals surface area contributed by atoms with Crippen LogP contribution in [-0.2, 0) is 16.0 Å². The molecule has 1 fully saturated rings. The maximum atomic E-state index is 12.0. The summed E-state index contributed by atoms with van der Waals surface area (Å²) in [5.41, 5.74) is 7.50. The molecule has 3 rings (SSSR count). The smallest absolute Gasteiger partial charge is 0.230 e. The van der Waals surface area contributed by atoms with Gasteiger partial charge in [-0.2, -0.15) is 0 Å². The molecule has 1 saturated heterocycles. The zero-order valence-electron chi connectivity index (χ0n) is 12.7. The topological polar surface area (TPSA) is 93.4 Å². The molecule has 3 N–H and O–H groups in total. The number of nitrogen functional groups attached to an aromatic ring is 1. The highest BCUT2D eigenvalue weighted by Gasteiger charge is 2.12. The van der Waals surface area contributed by atoms with Crippen LogP contribution in [0.2, 0.25) is 0 Å². The number of aromatic nitrogens is 2. The van der Waals surface area contributed by atoms with Crippen LogP contribution in [0.1, 0.15) is 5.69 Å². The summed E-state index contributed by atoms with van der Waals surface area (Å²) in [5.74, 6) is 0.759. The molecule has 2 aromatic heterocycles. The Hall–Kier alpha value is -2.67. The second-order valence-electron chi connectivity index (χ2n) is 5.31. The summed E-state index contributed by atoms with van der Waals surface area (Å²) in [6, 6.07) is 7.23. The molecule has 23 heavy (non-hydrogen) atoms. The van der Waals surface area contributed by atoms with E-state index in [1.54, 1.807) is 24.5 Å². The summed E-state index contributed by atoms with van der Waals surface area (Å²) in [6.07, 6.45) is 3.41. The first-order valence-electron chi connectivity index (χ1n) is 7.50. The molecule has 2 aromatic rings. The molecule has 7 nitrogen and oxygen atoms in total. The molecular weight excluding hydrogens is 294 g/mol. The molecule has 0 aliphatic carbocycles. The Bertz CT molecular complexity index is 651. The van der Waals surface area contributed by atoms with Gasteiger partial charge in [0.2, 0.25) is 5.91 Å². The summed E-state index contributed by atoms with van der Waals surface area (Å²) < 4.78 is 5.32. The third kappa shape index (κ3) is 4.17. The molecule has 1 aliphatic rings. The number of amides is 1. The Morgan fingerprint density at radius 1 is 1.17 bits per heavy atom. The van der Waals surface area contributed by atoms with Crippen molar-refractivity contribution < 1.29 is 9.53 Å². The Labute approximate surface area is 134 Å². The monoisotopic (exact) mass is 313 g/mol. The predicted molar refractivity (Wildman–Crippen MR) is 88.3 cm³/mol. The minimum atomic E-state index is -0.136. The Morgan fingerprint density at radius 3 is 2.65 bits per heavy atom. The fourth-order valence-electron chi connectivity index (χ4n) is 2.35. The number of morpholine rings is 1. The molecule has 0 saturated carbocycles. The van der Waals surface area contributed by atoms with Gasteiger partial charge >= 0.3 is 0 Å². The molecule has 0 unspecified atom stereocenters. The number of carbonyl (C=O) groups excluding carboxylic acids is 1. The number of carbonyl (C=O) groups is 1. The van der Waals surface area contributed by atoms with E-state index in [1.165, 1.54) is 0 Å². The van der Waals surface area contributed by atoms with E-state index in [1.807, 2.05) is 12.1 Å². The van der Waals surface area contributed by atoms with Gasteiger partial charge in [-0.1, -0.05) is 0 Å². The van der Waals surface area contributed by atoms with Gasteiger partial charge in [-0.05, 0) is 24.3 Å². The second-order valence-corrected chi connectivity index (χ2v) is 5.31. The molecule has 0 radical (unpaired) electrons. The molecule has 0 atom stereocenters. The third-order valence-corrected chi connectivity index (χ3v) is 3.56. The maximum absolute atomic E-state index is 12.0. The van der Waals surface area contributed by atoms with E-state index in [4.69, 9.17) is 10.5 Å². The number of nitrogens with two attached hydrogens (primary N) is 1. The highest BCUT2D eigenvalue weighted by Crippen LogP contribution is 2.15. The molecule has 3 heterocycles. The maximum Gasteiger partial charge on any atom is 0.230 e. The van der Waals surface area contributed by atoms with Crippen molar-refractivity contribution in [2.24, 2.45) is 0 Å². The highest BCUT2D eigenvalue weighted by atomic mass is 16.5. The van der Waals surface area contributed by atoms with Crippen molar-refractivity contribution in [1.82, 2.24) is 9.97 Å². The van der Waals surface area contributed by atoms with E-state index in [0.717, 1.165) is 32.1 Å². The number of ether oxygens (including phenoxy) is 1. The van der Waals surface area contributed by atoms with Gasteiger partial charge in [0, 0.05) is 18.8 Å². The van der Waals surface area contributed by atoms with Crippen molar-refractivity contribution in [3.8, 4) is 0 Å². The van der Waals surface area contributed by atoms with Crippen LogP contribution < -0.4 is 16.0 Å². The van der Waals surface area contributed by atoms with Gasteiger partial charge in [0.25, 0.3) is 0 Å². The number of pyridine rings is 2. The number of nitrogens with one attached hydrogen (secondary N) is 1. The van der Waals surface area contributed by atoms with E-state index in [9.17, 15) is 4.79 Å². The molecule has 7 heteroatoms. The van der Waals surface area contributed by atoms with Gasteiger partial charge in [0.1, 0.15) is 5.82 Å². The van der Waals surface area contributed by atoms with Gasteiger partial charge in [0.05, 0.1) is 43.4 Å². The summed E-state index contributed by atoms with van der Waals surface area (Å²) >= 11 is 0. The standard InChI is InChI=1S/C16H19N5O2/c17-12-1-2-13(18-10-12)9-16(22)20-14-3-4-15(19-11-14)21-5-7-23-8-6-21/h1-4,10-11H,5-9,17H2,(H,20,22). The average Bonchev–Trinajstić information content (AvgIpc) is 2.58. The number of nitrogens with zero attached hydrogens (tertiary/aromatic N) is 3. The van der Waals surface area contributed by atoms with Crippen LogP contribution in [0.4, 0.5) is 17.2 Å². The van der Waals surface area contributed by atoms with Crippen LogP contribution in [0.5, 0.6) is 0 Å². The van der Waals surface area contributed by atoms with E-state index in [0.29, 0.717) is 17.1 Å². The molecule has 0 aromatic carbocycles. The fraction of sp³-hybridized carbons (Fsp3) is 0.312. The van der Waals surface area contributed by atoms with Crippen LogP contribution in [-0.4, -0.2) is 42.2 Å². The number of anilines is 3. The van der Waals surface area contributed by atoms with E-state index >= 15 is 0 Å². The van der Waals surface area contributed by atoms with E-state index in [-0.39, 0.29) is 12.3 Å². The highest BCUT2D eigenvalue weighted by molar-refractivity contribution is 5.91. The molecule has 0 bridgehead atoms. The van der Waals surface area contributed by atoms with E-state index in [2.05, 4.69) is 20.2 Å². The van der Waals surface area contributed by atoms with Gasteiger partial charge in [-0.25, -0.2) is 4.98 Å². The molecule has 120 valence electrons.